The fourth-order valence-corrected chi connectivity index (χ4v) is 3.77. The second-order valence-electron chi connectivity index (χ2n) is 7.76. The van der Waals surface area contributed by atoms with E-state index in [1.807, 2.05) is 18.7 Å². The Kier molecular flexibility index (Phi) is 6.68. The maximum absolute atomic E-state index is 12.2. The zero-order valence-electron chi connectivity index (χ0n) is 16.9. The van der Waals surface area contributed by atoms with Gasteiger partial charge in [-0.25, -0.2) is 4.99 Å². The number of rotatable bonds is 5. The lowest BCUT2D eigenvalue weighted by Crippen LogP contribution is -2.45. The number of likely N-dealkylation sites (tertiary alicyclic amines) is 1. The highest BCUT2D eigenvalue weighted by molar-refractivity contribution is 5.81. The van der Waals surface area contributed by atoms with Crippen molar-refractivity contribution < 1.29 is 4.79 Å². The molecule has 1 amide bonds. The van der Waals surface area contributed by atoms with Gasteiger partial charge in [0.25, 0.3) is 0 Å². The molecule has 8 heteroatoms. The van der Waals surface area contributed by atoms with Gasteiger partial charge in [-0.2, -0.15) is 0 Å². The van der Waals surface area contributed by atoms with Gasteiger partial charge >= 0.3 is 0 Å². The highest BCUT2D eigenvalue weighted by Crippen LogP contribution is 2.15. The molecule has 0 bridgehead atoms. The minimum Gasteiger partial charge on any atom is -0.357 e. The number of hydrogen-bond acceptors (Lipinski definition) is 4. The molecule has 2 N–H and O–H groups in total. The van der Waals surface area contributed by atoms with Crippen LogP contribution in [0.5, 0.6) is 0 Å². The second kappa shape index (κ2) is 9.19. The summed E-state index contributed by atoms with van der Waals surface area (Å²) >= 11 is 0. The fraction of sp³-hybridized carbons (Fsp3) is 0.789. The van der Waals surface area contributed by atoms with Crippen LogP contribution in [0.4, 0.5) is 0 Å². The lowest BCUT2D eigenvalue weighted by Gasteiger charge is -2.20. The molecule has 0 aromatic carbocycles. The van der Waals surface area contributed by atoms with Crippen LogP contribution in [-0.2, 0) is 24.3 Å². The van der Waals surface area contributed by atoms with Gasteiger partial charge in [0.1, 0.15) is 12.4 Å². The van der Waals surface area contributed by atoms with E-state index in [0.29, 0.717) is 6.54 Å². The van der Waals surface area contributed by atoms with Crippen molar-refractivity contribution in [3.8, 4) is 0 Å². The van der Waals surface area contributed by atoms with Gasteiger partial charge in [-0.05, 0) is 26.2 Å². The molecule has 1 saturated heterocycles. The fourth-order valence-electron chi connectivity index (χ4n) is 3.77. The smallest absolute Gasteiger partial charge is 0.225 e. The van der Waals surface area contributed by atoms with Gasteiger partial charge < -0.3 is 20.1 Å². The van der Waals surface area contributed by atoms with Crippen molar-refractivity contribution in [2.45, 2.75) is 72.0 Å². The van der Waals surface area contributed by atoms with Crippen molar-refractivity contribution in [3.05, 3.63) is 11.6 Å². The molecule has 150 valence electrons. The molecule has 1 unspecified atom stereocenters. The van der Waals surface area contributed by atoms with Crippen LogP contribution in [-0.4, -0.2) is 57.2 Å². The number of nitrogens with one attached hydrogen (secondary N) is 2. The normalized spacial score (nSPS) is 20.5. The van der Waals surface area contributed by atoms with Crippen LogP contribution in [0.2, 0.25) is 0 Å². The first kappa shape index (κ1) is 19.6. The van der Waals surface area contributed by atoms with Gasteiger partial charge in [-0.3, -0.25) is 4.79 Å². The summed E-state index contributed by atoms with van der Waals surface area (Å²) in [6.45, 7) is 9.82. The van der Waals surface area contributed by atoms with E-state index in [1.165, 1.54) is 19.3 Å². The molecule has 1 aromatic heterocycles. The van der Waals surface area contributed by atoms with Crippen molar-refractivity contribution in [1.82, 2.24) is 30.3 Å². The number of guanidine groups is 1. The first-order valence-electron chi connectivity index (χ1n) is 10.3. The summed E-state index contributed by atoms with van der Waals surface area (Å²) < 4.78 is 2.23. The number of hydrogen-bond donors (Lipinski definition) is 2. The van der Waals surface area contributed by atoms with Gasteiger partial charge in [0, 0.05) is 44.6 Å². The van der Waals surface area contributed by atoms with Crippen molar-refractivity contribution in [3.63, 3.8) is 0 Å². The highest BCUT2D eigenvalue weighted by Gasteiger charge is 2.28. The van der Waals surface area contributed by atoms with E-state index in [0.717, 1.165) is 56.6 Å². The Morgan fingerprint density at radius 2 is 2.11 bits per heavy atom. The van der Waals surface area contributed by atoms with Gasteiger partial charge in [0.2, 0.25) is 5.91 Å². The number of amides is 1. The summed E-state index contributed by atoms with van der Waals surface area (Å²) in [5.74, 6) is 3.09. The van der Waals surface area contributed by atoms with Crippen LogP contribution >= 0.6 is 0 Å². The zero-order chi connectivity index (χ0) is 19.2. The third-order valence-corrected chi connectivity index (χ3v) is 5.24. The van der Waals surface area contributed by atoms with E-state index in [2.05, 4.69) is 32.3 Å². The van der Waals surface area contributed by atoms with E-state index in [9.17, 15) is 4.79 Å². The van der Waals surface area contributed by atoms with Crippen LogP contribution in [0.1, 0.15) is 58.1 Å². The number of aryl methyl sites for hydroxylation is 1. The summed E-state index contributed by atoms with van der Waals surface area (Å²) in [4.78, 5) is 18.9. The van der Waals surface area contributed by atoms with Gasteiger partial charge in [0.15, 0.2) is 11.8 Å². The van der Waals surface area contributed by atoms with Crippen molar-refractivity contribution in [2.24, 2.45) is 10.9 Å². The van der Waals surface area contributed by atoms with Gasteiger partial charge in [0.05, 0.1) is 0 Å². The van der Waals surface area contributed by atoms with E-state index < -0.39 is 0 Å². The first-order valence-corrected chi connectivity index (χ1v) is 10.3. The summed E-state index contributed by atoms with van der Waals surface area (Å²) in [6.07, 6.45) is 5.59. The van der Waals surface area contributed by atoms with E-state index in [-0.39, 0.29) is 17.9 Å². The molecule has 0 saturated carbocycles. The SMILES string of the molecule is CCNC(=NCc1nnc2n1CCCCC2)NC1CCN(C(=O)C(C)C)C1. The largest absolute Gasteiger partial charge is 0.357 e. The van der Waals surface area contributed by atoms with Crippen LogP contribution in [0.15, 0.2) is 4.99 Å². The number of aliphatic imine (C=N–C) groups is 1. The predicted octanol–water partition coefficient (Wildman–Crippen LogP) is 1.32. The number of carbonyl (C=O) groups is 1. The molecule has 27 heavy (non-hydrogen) atoms. The summed E-state index contributed by atoms with van der Waals surface area (Å²) in [7, 11) is 0. The van der Waals surface area contributed by atoms with Gasteiger partial charge in [-0.1, -0.05) is 20.3 Å². The summed E-state index contributed by atoms with van der Waals surface area (Å²) in [5.41, 5.74) is 0. The maximum atomic E-state index is 12.2. The molecule has 8 nitrogen and oxygen atoms in total. The molecule has 0 radical (unpaired) electrons. The van der Waals surface area contributed by atoms with E-state index >= 15 is 0 Å². The third kappa shape index (κ3) is 4.99. The Morgan fingerprint density at radius 1 is 1.26 bits per heavy atom. The number of nitrogens with zero attached hydrogens (tertiary/aromatic N) is 5. The summed E-state index contributed by atoms with van der Waals surface area (Å²) in [6, 6.07) is 0.237. The number of carbonyl (C=O) groups excluding carboxylic acids is 1. The average Bonchev–Trinajstić information content (AvgIpc) is 3.19. The quantitative estimate of drug-likeness (QED) is 0.599. The van der Waals surface area contributed by atoms with Crippen molar-refractivity contribution in [2.75, 3.05) is 19.6 Å². The Bertz CT molecular complexity index is 667. The molecule has 1 atom stereocenters. The Morgan fingerprint density at radius 3 is 2.89 bits per heavy atom. The molecule has 0 spiro atoms. The first-order chi connectivity index (χ1) is 13.1. The molecule has 1 aromatic rings. The van der Waals surface area contributed by atoms with Crippen molar-refractivity contribution >= 4 is 11.9 Å². The minimum absolute atomic E-state index is 0.0499. The molecule has 3 rings (SSSR count). The molecule has 0 aliphatic carbocycles. The average molecular weight is 376 g/mol. The number of fused-ring (bicyclic) bond motifs is 1. The molecule has 2 aliphatic heterocycles. The minimum atomic E-state index is 0.0499. The van der Waals surface area contributed by atoms with Crippen LogP contribution in [0.3, 0.4) is 0 Å². The number of aromatic nitrogens is 3. The van der Waals surface area contributed by atoms with Crippen LogP contribution < -0.4 is 10.6 Å². The van der Waals surface area contributed by atoms with Crippen molar-refractivity contribution in [1.29, 1.82) is 0 Å². The Hall–Kier alpha value is -2.12. The van der Waals surface area contributed by atoms with Crippen LogP contribution in [0.25, 0.3) is 0 Å². The Labute approximate surface area is 161 Å². The van der Waals surface area contributed by atoms with E-state index in [1.54, 1.807) is 0 Å². The van der Waals surface area contributed by atoms with Gasteiger partial charge in [-0.15, -0.1) is 10.2 Å². The highest BCUT2D eigenvalue weighted by atomic mass is 16.2. The second-order valence-corrected chi connectivity index (χ2v) is 7.76. The maximum Gasteiger partial charge on any atom is 0.225 e. The lowest BCUT2D eigenvalue weighted by molar-refractivity contribution is -0.133. The van der Waals surface area contributed by atoms with E-state index in [4.69, 9.17) is 4.99 Å². The zero-order valence-corrected chi connectivity index (χ0v) is 16.9. The molecule has 1 fully saturated rings. The standard InChI is InChI=1S/C19H33N7O/c1-4-20-19(22-15-9-11-25(13-15)18(27)14(2)3)21-12-17-24-23-16-8-6-5-7-10-26(16)17/h14-15H,4-13H2,1-3H3,(H2,20,21,22). The lowest BCUT2D eigenvalue weighted by atomic mass is 10.2. The summed E-state index contributed by atoms with van der Waals surface area (Å²) in [5, 5.41) is 15.5. The topological polar surface area (TPSA) is 87.4 Å². The molecular weight excluding hydrogens is 342 g/mol. The molecule has 3 heterocycles. The predicted molar refractivity (Wildman–Crippen MR) is 105 cm³/mol. The molecular formula is C19H33N7O. The third-order valence-electron chi connectivity index (χ3n) is 5.24. The molecule has 2 aliphatic rings. The van der Waals surface area contributed by atoms with Crippen LogP contribution in [0, 0.1) is 5.92 Å². The Balaban J connectivity index is 1.61. The monoisotopic (exact) mass is 375 g/mol.